The van der Waals surface area contributed by atoms with Crippen LogP contribution in [0.15, 0.2) is 24.4 Å². The summed E-state index contributed by atoms with van der Waals surface area (Å²) in [5.41, 5.74) is 2.67. The Balaban J connectivity index is 2.18. The van der Waals surface area contributed by atoms with Crippen LogP contribution in [0.4, 0.5) is 0 Å². The van der Waals surface area contributed by atoms with E-state index < -0.39 is 0 Å². The van der Waals surface area contributed by atoms with E-state index in [0.717, 1.165) is 19.6 Å². The Labute approximate surface area is 101 Å². The SMILES string of the molecule is CC(C)c1cccc2cnn([C@H]3CCOC3)c12. The zero-order valence-electron chi connectivity index (χ0n) is 10.4. The quantitative estimate of drug-likeness (QED) is 0.792. The van der Waals surface area contributed by atoms with E-state index >= 15 is 0 Å². The summed E-state index contributed by atoms with van der Waals surface area (Å²) in [6, 6.07) is 6.88. The lowest BCUT2D eigenvalue weighted by molar-refractivity contribution is 0.185. The van der Waals surface area contributed by atoms with Crippen molar-refractivity contribution in [3.8, 4) is 0 Å². The fraction of sp³-hybridized carbons (Fsp3) is 0.500. The molecule has 0 aliphatic carbocycles. The molecular weight excluding hydrogens is 212 g/mol. The van der Waals surface area contributed by atoms with Crippen molar-refractivity contribution < 1.29 is 4.74 Å². The molecule has 0 N–H and O–H groups in total. The average Bonchev–Trinajstić information content (AvgIpc) is 2.96. The first-order valence-corrected chi connectivity index (χ1v) is 6.31. The number of aromatic nitrogens is 2. The van der Waals surface area contributed by atoms with Crippen molar-refractivity contribution in [1.82, 2.24) is 9.78 Å². The van der Waals surface area contributed by atoms with Crippen molar-refractivity contribution >= 4 is 10.9 Å². The number of hydrogen-bond acceptors (Lipinski definition) is 2. The molecule has 3 heteroatoms. The molecule has 1 aromatic heterocycles. The molecule has 0 unspecified atom stereocenters. The number of fused-ring (bicyclic) bond motifs is 1. The van der Waals surface area contributed by atoms with E-state index in [-0.39, 0.29) is 0 Å². The Morgan fingerprint density at radius 1 is 1.41 bits per heavy atom. The van der Waals surface area contributed by atoms with Crippen LogP contribution in [0.2, 0.25) is 0 Å². The smallest absolute Gasteiger partial charge is 0.0781 e. The molecule has 3 nitrogen and oxygen atoms in total. The topological polar surface area (TPSA) is 27.1 Å². The second kappa shape index (κ2) is 4.15. The maximum atomic E-state index is 5.47. The van der Waals surface area contributed by atoms with Crippen molar-refractivity contribution in [2.24, 2.45) is 0 Å². The highest BCUT2D eigenvalue weighted by atomic mass is 16.5. The number of rotatable bonds is 2. The summed E-state index contributed by atoms with van der Waals surface area (Å²) in [5.74, 6) is 0.525. The van der Waals surface area contributed by atoms with Crippen molar-refractivity contribution in [2.45, 2.75) is 32.2 Å². The van der Waals surface area contributed by atoms with Crippen LogP contribution in [0, 0.1) is 0 Å². The van der Waals surface area contributed by atoms with Crippen LogP contribution in [0.1, 0.15) is 37.8 Å². The standard InChI is InChI=1S/C14H18N2O/c1-10(2)13-5-3-4-11-8-15-16(14(11)13)12-6-7-17-9-12/h3-5,8,10,12H,6-7,9H2,1-2H3/t12-/m0/s1. The van der Waals surface area contributed by atoms with Gasteiger partial charge in [-0.25, -0.2) is 0 Å². The van der Waals surface area contributed by atoms with Crippen LogP contribution >= 0.6 is 0 Å². The van der Waals surface area contributed by atoms with E-state index in [2.05, 4.69) is 41.8 Å². The summed E-state index contributed by atoms with van der Waals surface area (Å²) in [4.78, 5) is 0. The van der Waals surface area contributed by atoms with E-state index in [9.17, 15) is 0 Å². The largest absolute Gasteiger partial charge is 0.379 e. The molecule has 0 amide bonds. The Morgan fingerprint density at radius 3 is 3.00 bits per heavy atom. The third-order valence-electron chi connectivity index (χ3n) is 3.52. The molecule has 1 aromatic carbocycles. The summed E-state index contributed by atoms with van der Waals surface area (Å²) in [7, 11) is 0. The summed E-state index contributed by atoms with van der Waals surface area (Å²) in [6.45, 7) is 6.12. The Hall–Kier alpha value is -1.35. The molecule has 1 saturated heterocycles. The highest BCUT2D eigenvalue weighted by Gasteiger charge is 2.21. The molecule has 2 heterocycles. The van der Waals surface area contributed by atoms with E-state index in [4.69, 9.17) is 4.74 Å². The van der Waals surface area contributed by atoms with Gasteiger partial charge in [-0.2, -0.15) is 5.10 Å². The van der Waals surface area contributed by atoms with Crippen LogP contribution < -0.4 is 0 Å². The third kappa shape index (κ3) is 1.75. The Morgan fingerprint density at radius 2 is 2.29 bits per heavy atom. The second-order valence-corrected chi connectivity index (χ2v) is 5.05. The van der Waals surface area contributed by atoms with Crippen LogP contribution in [0.5, 0.6) is 0 Å². The molecule has 3 rings (SSSR count). The van der Waals surface area contributed by atoms with Gasteiger partial charge in [0.15, 0.2) is 0 Å². The maximum absolute atomic E-state index is 5.47. The molecule has 17 heavy (non-hydrogen) atoms. The molecule has 2 aromatic rings. The van der Waals surface area contributed by atoms with Gasteiger partial charge in [-0.05, 0) is 17.9 Å². The van der Waals surface area contributed by atoms with Gasteiger partial charge < -0.3 is 4.74 Å². The summed E-state index contributed by atoms with van der Waals surface area (Å²) < 4.78 is 7.63. The number of nitrogens with zero attached hydrogens (tertiary/aromatic N) is 2. The number of benzene rings is 1. The average molecular weight is 230 g/mol. The summed E-state index contributed by atoms with van der Waals surface area (Å²) >= 11 is 0. The van der Waals surface area contributed by atoms with E-state index in [1.54, 1.807) is 0 Å². The number of hydrogen-bond donors (Lipinski definition) is 0. The molecule has 1 aliphatic heterocycles. The van der Waals surface area contributed by atoms with Crippen LogP contribution in [0.3, 0.4) is 0 Å². The highest BCUT2D eigenvalue weighted by Crippen LogP contribution is 2.29. The van der Waals surface area contributed by atoms with Crippen LogP contribution in [0.25, 0.3) is 10.9 Å². The Bertz CT molecular complexity index is 524. The normalized spacial score (nSPS) is 20.5. The van der Waals surface area contributed by atoms with Gasteiger partial charge in [0.05, 0.1) is 24.4 Å². The molecule has 1 aliphatic rings. The first-order valence-electron chi connectivity index (χ1n) is 6.31. The second-order valence-electron chi connectivity index (χ2n) is 5.05. The van der Waals surface area contributed by atoms with Gasteiger partial charge in [-0.3, -0.25) is 4.68 Å². The lowest BCUT2D eigenvalue weighted by Crippen LogP contribution is -2.11. The zero-order chi connectivity index (χ0) is 11.8. The molecule has 0 spiro atoms. The molecule has 1 atom stereocenters. The van der Waals surface area contributed by atoms with Gasteiger partial charge in [0, 0.05) is 12.0 Å². The highest BCUT2D eigenvalue weighted by molar-refractivity contribution is 5.82. The fourth-order valence-electron chi connectivity index (χ4n) is 2.59. The predicted molar refractivity (Wildman–Crippen MR) is 68.3 cm³/mol. The summed E-state index contributed by atoms with van der Waals surface area (Å²) in [5, 5.41) is 5.80. The van der Waals surface area contributed by atoms with E-state index in [1.165, 1.54) is 16.5 Å². The van der Waals surface area contributed by atoms with Crippen LogP contribution in [-0.2, 0) is 4.74 Å². The van der Waals surface area contributed by atoms with Gasteiger partial charge in [0.1, 0.15) is 0 Å². The van der Waals surface area contributed by atoms with Gasteiger partial charge in [-0.1, -0.05) is 32.0 Å². The minimum Gasteiger partial charge on any atom is -0.379 e. The van der Waals surface area contributed by atoms with Crippen LogP contribution in [-0.4, -0.2) is 23.0 Å². The van der Waals surface area contributed by atoms with Gasteiger partial charge >= 0.3 is 0 Å². The number of para-hydroxylation sites is 1. The van der Waals surface area contributed by atoms with Crippen molar-refractivity contribution in [3.63, 3.8) is 0 Å². The maximum Gasteiger partial charge on any atom is 0.0781 e. The van der Waals surface area contributed by atoms with Gasteiger partial charge in [-0.15, -0.1) is 0 Å². The third-order valence-corrected chi connectivity index (χ3v) is 3.52. The molecule has 0 radical (unpaired) electrons. The van der Waals surface area contributed by atoms with E-state index in [0.29, 0.717) is 12.0 Å². The molecule has 1 fully saturated rings. The zero-order valence-corrected chi connectivity index (χ0v) is 10.4. The van der Waals surface area contributed by atoms with Gasteiger partial charge in [0.25, 0.3) is 0 Å². The first kappa shape index (κ1) is 10.8. The number of ether oxygens (including phenoxy) is 1. The minimum absolute atomic E-state index is 0.410. The summed E-state index contributed by atoms with van der Waals surface area (Å²) in [6.07, 6.45) is 3.04. The van der Waals surface area contributed by atoms with E-state index in [1.807, 2.05) is 6.20 Å². The predicted octanol–water partition coefficient (Wildman–Crippen LogP) is 3.12. The monoisotopic (exact) mass is 230 g/mol. The molecule has 0 saturated carbocycles. The first-order chi connectivity index (χ1) is 8.27. The minimum atomic E-state index is 0.410. The lowest BCUT2D eigenvalue weighted by atomic mass is 10.0. The van der Waals surface area contributed by atoms with Gasteiger partial charge in [0.2, 0.25) is 0 Å². The lowest BCUT2D eigenvalue weighted by Gasteiger charge is -2.14. The Kier molecular flexibility index (Phi) is 2.63. The van der Waals surface area contributed by atoms with Crippen molar-refractivity contribution in [2.75, 3.05) is 13.2 Å². The van der Waals surface area contributed by atoms with Crippen molar-refractivity contribution in [3.05, 3.63) is 30.0 Å². The molecule has 90 valence electrons. The molecular formula is C14H18N2O. The van der Waals surface area contributed by atoms with Crippen molar-refractivity contribution in [1.29, 1.82) is 0 Å². The fourth-order valence-corrected chi connectivity index (χ4v) is 2.59. The molecule has 0 bridgehead atoms.